The third kappa shape index (κ3) is 2.45. The number of nitriles is 1. The van der Waals surface area contributed by atoms with Crippen LogP contribution < -0.4 is 5.32 Å². The first kappa shape index (κ1) is 12.0. The van der Waals surface area contributed by atoms with Crippen LogP contribution >= 0.6 is 11.8 Å². The third-order valence-electron chi connectivity index (χ3n) is 2.99. The average molecular weight is 246 g/mol. The molecule has 1 heterocycles. The zero-order chi connectivity index (χ0) is 12.3. The molecule has 17 heavy (non-hydrogen) atoms. The molecule has 88 valence electrons. The second-order valence-electron chi connectivity index (χ2n) is 4.29. The minimum Gasteiger partial charge on any atom is -0.324 e. The van der Waals surface area contributed by atoms with Crippen molar-refractivity contribution in [1.82, 2.24) is 0 Å². The summed E-state index contributed by atoms with van der Waals surface area (Å²) < 4.78 is -0.345. The van der Waals surface area contributed by atoms with Gasteiger partial charge in [-0.05, 0) is 37.7 Å². The van der Waals surface area contributed by atoms with E-state index in [1.165, 1.54) is 0 Å². The maximum Gasteiger partial charge on any atom is 0.240 e. The Bertz CT molecular complexity index is 473. The van der Waals surface area contributed by atoms with Gasteiger partial charge in [-0.25, -0.2) is 0 Å². The number of nitrogens with zero attached hydrogens (tertiary/aromatic N) is 1. The van der Waals surface area contributed by atoms with Gasteiger partial charge in [-0.15, -0.1) is 11.8 Å². The summed E-state index contributed by atoms with van der Waals surface area (Å²) in [5.74, 6) is 1.03. The Hall–Kier alpha value is -1.47. The van der Waals surface area contributed by atoms with Gasteiger partial charge in [-0.1, -0.05) is 12.1 Å². The topological polar surface area (TPSA) is 52.9 Å². The molecule has 1 aromatic carbocycles. The van der Waals surface area contributed by atoms with E-state index in [9.17, 15) is 4.79 Å². The van der Waals surface area contributed by atoms with Gasteiger partial charge in [0.2, 0.25) is 5.91 Å². The smallest absolute Gasteiger partial charge is 0.240 e. The maximum absolute atomic E-state index is 12.2. The van der Waals surface area contributed by atoms with Crippen LogP contribution in [0.3, 0.4) is 0 Å². The Morgan fingerprint density at radius 1 is 1.53 bits per heavy atom. The van der Waals surface area contributed by atoms with Crippen molar-refractivity contribution in [3.05, 3.63) is 29.8 Å². The molecule has 1 saturated heterocycles. The lowest BCUT2D eigenvalue weighted by atomic mass is 10.0. The van der Waals surface area contributed by atoms with Crippen molar-refractivity contribution in [2.24, 2.45) is 0 Å². The van der Waals surface area contributed by atoms with Gasteiger partial charge in [0.15, 0.2) is 0 Å². The van der Waals surface area contributed by atoms with E-state index < -0.39 is 0 Å². The highest BCUT2D eigenvalue weighted by atomic mass is 32.2. The molecule has 1 atom stereocenters. The maximum atomic E-state index is 12.2. The van der Waals surface area contributed by atoms with Crippen LogP contribution in [-0.2, 0) is 4.79 Å². The molecule has 0 radical (unpaired) electrons. The summed E-state index contributed by atoms with van der Waals surface area (Å²) >= 11 is 1.69. The molecule has 1 fully saturated rings. The fourth-order valence-corrected chi connectivity index (χ4v) is 3.11. The molecule has 0 aromatic heterocycles. The first-order valence-corrected chi connectivity index (χ1v) is 6.59. The molecule has 3 nitrogen and oxygen atoms in total. The lowest BCUT2D eigenvalue weighted by Gasteiger charge is -2.21. The highest BCUT2D eigenvalue weighted by molar-refractivity contribution is 8.01. The first-order chi connectivity index (χ1) is 8.15. The highest BCUT2D eigenvalue weighted by Crippen LogP contribution is 2.38. The summed E-state index contributed by atoms with van der Waals surface area (Å²) in [4.78, 5) is 12.2. The van der Waals surface area contributed by atoms with Crippen molar-refractivity contribution >= 4 is 23.4 Å². The monoisotopic (exact) mass is 246 g/mol. The van der Waals surface area contributed by atoms with E-state index >= 15 is 0 Å². The van der Waals surface area contributed by atoms with Crippen LogP contribution in [0.2, 0.25) is 0 Å². The molecule has 0 saturated carbocycles. The molecule has 4 heteroatoms. The van der Waals surface area contributed by atoms with Gasteiger partial charge in [0.05, 0.1) is 16.0 Å². The van der Waals surface area contributed by atoms with Crippen molar-refractivity contribution in [3.8, 4) is 6.07 Å². The van der Waals surface area contributed by atoms with Crippen LogP contribution in [0.25, 0.3) is 0 Å². The Balaban J connectivity index is 2.16. The van der Waals surface area contributed by atoms with E-state index in [-0.39, 0.29) is 10.7 Å². The SMILES string of the molecule is CC1(C(=O)Nc2ccccc2C#N)CCCS1. The summed E-state index contributed by atoms with van der Waals surface area (Å²) in [6.07, 6.45) is 1.98. The van der Waals surface area contributed by atoms with Crippen LogP contribution in [0.4, 0.5) is 5.69 Å². The molecule has 0 bridgehead atoms. The number of carbonyl (C=O) groups excluding carboxylic acids is 1. The van der Waals surface area contributed by atoms with Crippen LogP contribution in [0.1, 0.15) is 25.3 Å². The fourth-order valence-electron chi connectivity index (χ4n) is 1.90. The Morgan fingerprint density at radius 2 is 2.29 bits per heavy atom. The minimum atomic E-state index is -0.345. The van der Waals surface area contributed by atoms with Crippen LogP contribution in [0, 0.1) is 11.3 Å². The summed E-state index contributed by atoms with van der Waals surface area (Å²) in [5, 5.41) is 11.8. The van der Waals surface area contributed by atoms with E-state index in [4.69, 9.17) is 5.26 Å². The molecule has 0 spiro atoms. The molecule has 2 rings (SSSR count). The second-order valence-corrected chi connectivity index (χ2v) is 5.89. The lowest BCUT2D eigenvalue weighted by molar-refractivity contribution is -0.118. The Labute approximate surface area is 105 Å². The molecule has 1 aliphatic rings. The van der Waals surface area contributed by atoms with Gasteiger partial charge in [0.25, 0.3) is 0 Å². The normalized spacial score (nSPS) is 23.1. The number of hydrogen-bond donors (Lipinski definition) is 1. The predicted molar refractivity (Wildman–Crippen MR) is 69.9 cm³/mol. The molecular weight excluding hydrogens is 232 g/mol. The van der Waals surface area contributed by atoms with Crippen molar-refractivity contribution in [1.29, 1.82) is 5.26 Å². The number of thioether (sulfide) groups is 1. The standard InChI is InChI=1S/C13H14N2OS/c1-13(7-4-8-17-13)12(16)15-11-6-3-2-5-10(11)9-14/h2-3,5-6H,4,7-8H2,1H3,(H,15,16). The summed E-state index contributed by atoms with van der Waals surface area (Å²) in [6.45, 7) is 1.97. The van der Waals surface area contributed by atoms with Gasteiger partial charge in [-0.3, -0.25) is 4.79 Å². The zero-order valence-corrected chi connectivity index (χ0v) is 10.5. The largest absolute Gasteiger partial charge is 0.324 e. The number of rotatable bonds is 2. The third-order valence-corrected chi connectivity index (χ3v) is 4.51. The number of nitrogens with one attached hydrogen (secondary N) is 1. The molecule has 1 unspecified atom stereocenters. The Kier molecular flexibility index (Phi) is 3.39. The molecule has 1 amide bonds. The zero-order valence-electron chi connectivity index (χ0n) is 9.69. The summed E-state index contributed by atoms with van der Waals surface area (Å²) in [7, 11) is 0. The van der Waals surface area contributed by atoms with Crippen molar-refractivity contribution < 1.29 is 4.79 Å². The summed E-state index contributed by atoms with van der Waals surface area (Å²) in [5.41, 5.74) is 1.11. The van der Waals surface area contributed by atoms with E-state index in [1.807, 2.05) is 13.0 Å². The van der Waals surface area contributed by atoms with Crippen LogP contribution in [-0.4, -0.2) is 16.4 Å². The van der Waals surface area contributed by atoms with Crippen molar-refractivity contribution in [2.45, 2.75) is 24.5 Å². The first-order valence-electron chi connectivity index (χ1n) is 5.60. The minimum absolute atomic E-state index is 0.00250. The van der Waals surface area contributed by atoms with Gasteiger partial charge in [-0.2, -0.15) is 5.26 Å². The highest BCUT2D eigenvalue weighted by Gasteiger charge is 2.37. The molecule has 0 aliphatic carbocycles. The molecule has 1 aromatic rings. The number of hydrogen-bond acceptors (Lipinski definition) is 3. The lowest BCUT2D eigenvalue weighted by Crippen LogP contribution is -2.34. The van der Waals surface area contributed by atoms with E-state index in [2.05, 4.69) is 11.4 Å². The molecule has 1 aliphatic heterocycles. The molecular formula is C13H14N2OS. The van der Waals surface area contributed by atoms with Gasteiger partial charge >= 0.3 is 0 Å². The van der Waals surface area contributed by atoms with Gasteiger partial charge in [0.1, 0.15) is 6.07 Å². The van der Waals surface area contributed by atoms with Crippen LogP contribution in [0.5, 0.6) is 0 Å². The van der Waals surface area contributed by atoms with Crippen molar-refractivity contribution in [2.75, 3.05) is 11.1 Å². The number of anilines is 1. The predicted octanol–water partition coefficient (Wildman–Crippen LogP) is 2.78. The van der Waals surface area contributed by atoms with Gasteiger partial charge < -0.3 is 5.32 Å². The van der Waals surface area contributed by atoms with E-state index in [0.29, 0.717) is 11.3 Å². The van der Waals surface area contributed by atoms with E-state index in [1.54, 1.807) is 30.0 Å². The molecule has 1 N–H and O–H groups in total. The summed E-state index contributed by atoms with van der Waals surface area (Å²) in [6, 6.07) is 9.17. The van der Waals surface area contributed by atoms with Gasteiger partial charge in [0, 0.05) is 0 Å². The second kappa shape index (κ2) is 4.80. The quantitative estimate of drug-likeness (QED) is 0.873. The number of carbonyl (C=O) groups is 1. The Morgan fingerprint density at radius 3 is 2.94 bits per heavy atom. The van der Waals surface area contributed by atoms with Crippen LogP contribution in [0.15, 0.2) is 24.3 Å². The fraction of sp³-hybridized carbons (Fsp3) is 0.385. The van der Waals surface area contributed by atoms with Crippen molar-refractivity contribution in [3.63, 3.8) is 0 Å². The number of para-hydroxylation sites is 1. The van der Waals surface area contributed by atoms with E-state index in [0.717, 1.165) is 18.6 Å². The number of amides is 1. The number of benzene rings is 1. The average Bonchev–Trinajstić information content (AvgIpc) is 2.78.